The molecule has 104 valence electrons. The number of likely N-dealkylation sites (tertiary alicyclic amines) is 1. The highest BCUT2D eigenvalue weighted by Gasteiger charge is 2.30. The lowest BCUT2D eigenvalue weighted by atomic mass is 10.1. The molecule has 1 amide bonds. The second-order valence-electron chi connectivity index (χ2n) is 5.00. The minimum atomic E-state index is -0.0685. The number of aromatic amines is 1. The van der Waals surface area contributed by atoms with E-state index in [1.165, 1.54) is 0 Å². The van der Waals surface area contributed by atoms with Gasteiger partial charge in [0.2, 0.25) is 0 Å². The standard InChI is InChI=1S/C15H17N3O2/c19-10-12-7-4-8-18(12)15(20)13-9-16-17-14(13)11-5-2-1-3-6-11/h1-3,5-6,9,12,19H,4,7-8,10H2,(H,16,17)/t12-/m0/s1. The number of hydrogen-bond donors (Lipinski definition) is 2. The van der Waals surface area contributed by atoms with Crippen molar-refractivity contribution in [2.75, 3.05) is 13.2 Å². The molecule has 5 heteroatoms. The topological polar surface area (TPSA) is 69.2 Å². The van der Waals surface area contributed by atoms with Crippen LogP contribution in [0.5, 0.6) is 0 Å². The molecule has 3 rings (SSSR count). The second kappa shape index (κ2) is 5.46. The minimum absolute atomic E-state index is 0.0181. The Morgan fingerprint density at radius 1 is 1.40 bits per heavy atom. The SMILES string of the molecule is O=C(c1cn[nH]c1-c1ccccc1)N1CCC[C@H]1CO. The first-order valence-electron chi connectivity index (χ1n) is 6.82. The molecule has 2 N–H and O–H groups in total. The van der Waals surface area contributed by atoms with Gasteiger partial charge < -0.3 is 10.0 Å². The number of aliphatic hydroxyl groups excluding tert-OH is 1. The van der Waals surface area contributed by atoms with Crippen LogP contribution in [0.1, 0.15) is 23.2 Å². The average molecular weight is 271 g/mol. The van der Waals surface area contributed by atoms with Crippen molar-refractivity contribution in [3.8, 4) is 11.3 Å². The average Bonchev–Trinajstić information content (AvgIpc) is 3.16. The van der Waals surface area contributed by atoms with Crippen LogP contribution in [0.4, 0.5) is 0 Å². The van der Waals surface area contributed by atoms with Crippen molar-refractivity contribution in [3.05, 3.63) is 42.1 Å². The van der Waals surface area contributed by atoms with Crippen molar-refractivity contribution in [3.63, 3.8) is 0 Å². The molecule has 0 bridgehead atoms. The van der Waals surface area contributed by atoms with E-state index in [0.717, 1.165) is 24.1 Å². The Balaban J connectivity index is 1.92. The molecule has 0 spiro atoms. The number of aliphatic hydroxyl groups is 1. The summed E-state index contributed by atoms with van der Waals surface area (Å²) in [6.45, 7) is 0.716. The number of carbonyl (C=O) groups is 1. The van der Waals surface area contributed by atoms with Crippen molar-refractivity contribution in [2.45, 2.75) is 18.9 Å². The summed E-state index contributed by atoms with van der Waals surface area (Å²) in [7, 11) is 0. The molecule has 1 aliphatic rings. The van der Waals surface area contributed by atoms with Gasteiger partial charge in [-0.05, 0) is 12.8 Å². The smallest absolute Gasteiger partial charge is 0.258 e. The molecule has 0 unspecified atom stereocenters. The monoisotopic (exact) mass is 271 g/mol. The van der Waals surface area contributed by atoms with E-state index in [2.05, 4.69) is 10.2 Å². The summed E-state index contributed by atoms with van der Waals surface area (Å²) in [5, 5.41) is 16.3. The lowest BCUT2D eigenvalue weighted by Gasteiger charge is -2.22. The molecule has 20 heavy (non-hydrogen) atoms. The molecule has 1 aromatic carbocycles. The summed E-state index contributed by atoms with van der Waals surface area (Å²) < 4.78 is 0. The maximum atomic E-state index is 12.6. The summed E-state index contributed by atoms with van der Waals surface area (Å²) in [5.41, 5.74) is 2.24. The lowest BCUT2D eigenvalue weighted by molar-refractivity contribution is 0.0678. The number of amides is 1. The quantitative estimate of drug-likeness (QED) is 0.892. The lowest BCUT2D eigenvalue weighted by Crippen LogP contribution is -2.37. The van der Waals surface area contributed by atoms with Gasteiger partial charge in [0.05, 0.1) is 30.1 Å². The Morgan fingerprint density at radius 3 is 2.95 bits per heavy atom. The van der Waals surface area contributed by atoms with Gasteiger partial charge in [0.1, 0.15) is 0 Å². The van der Waals surface area contributed by atoms with Crippen LogP contribution in [0, 0.1) is 0 Å². The number of H-pyrrole nitrogens is 1. The number of carbonyl (C=O) groups excluding carboxylic acids is 1. The van der Waals surface area contributed by atoms with Gasteiger partial charge in [0, 0.05) is 12.1 Å². The maximum Gasteiger partial charge on any atom is 0.258 e. The van der Waals surface area contributed by atoms with Gasteiger partial charge in [-0.3, -0.25) is 9.89 Å². The summed E-state index contributed by atoms with van der Waals surface area (Å²) >= 11 is 0. The molecule has 0 radical (unpaired) electrons. The highest BCUT2D eigenvalue weighted by molar-refractivity contribution is 6.00. The third-order valence-electron chi connectivity index (χ3n) is 3.78. The van der Waals surface area contributed by atoms with Gasteiger partial charge in [-0.2, -0.15) is 5.10 Å². The number of nitrogens with one attached hydrogen (secondary N) is 1. The van der Waals surface area contributed by atoms with Gasteiger partial charge in [-0.1, -0.05) is 30.3 Å². The van der Waals surface area contributed by atoms with E-state index in [4.69, 9.17) is 0 Å². The predicted molar refractivity (Wildman–Crippen MR) is 75.2 cm³/mol. The zero-order valence-corrected chi connectivity index (χ0v) is 11.1. The third-order valence-corrected chi connectivity index (χ3v) is 3.78. The zero-order valence-electron chi connectivity index (χ0n) is 11.1. The van der Waals surface area contributed by atoms with Crippen LogP contribution in [0.25, 0.3) is 11.3 Å². The first kappa shape index (κ1) is 12.9. The summed E-state index contributed by atoms with van der Waals surface area (Å²) in [6, 6.07) is 9.60. The van der Waals surface area contributed by atoms with Crippen LogP contribution >= 0.6 is 0 Å². The summed E-state index contributed by atoms with van der Waals surface area (Å²) in [4.78, 5) is 14.4. The molecule has 1 saturated heterocycles. The molecule has 1 fully saturated rings. The Hall–Kier alpha value is -2.14. The van der Waals surface area contributed by atoms with Crippen LogP contribution in [0.15, 0.2) is 36.5 Å². The van der Waals surface area contributed by atoms with E-state index in [9.17, 15) is 9.90 Å². The molecule has 0 aliphatic carbocycles. The van der Waals surface area contributed by atoms with Crippen molar-refractivity contribution >= 4 is 5.91 Å². The molecule has 2 aromatic rings. The van der Waals surface area contributed by atoms with Gasteiger partial charge in [-0.15, -0.1) is 0 Å². The number of aromatic nitrogens is 2. The molecule has 1 aromatic heterocycles. The van der Waals surface area contributed by atoms with E-state index < -0.39 is 0 Å². The Bertz CT molecular complexity index is 594. The van der Waals surface area contributed by atoms with Gasteiger partial charge in [-0.25, -0.2) is 0 Å². The van der Waals surface area contributed by atoms with E-state index in [1.54, 1.807) is 11.1 Å². The molecular formula is C15H17N3O2. The maximum absolute atomic E-state index is 12.6. The zero-order chi connectivity index (χ0) is 13.9. The molecular weight excluding hydrogens is 254 g/mol. The number of hydrogen-bond acceptors (Lipinski definition) is 3. The van der Waals surface area contributed by atoms with Crippen LogP contribution in [0.3, 0.4) is 0 Å². The predicted octanol–water partition coefficient (Wildman–Crippen LogP) is 1.67. The molecule has 2 heterocycles. The Morgan fingerprint density at radius 2 is 2.20 bits per heavy atom. The van der Waals surface area contributed by atoms with Crippen molar-refractivity contribution in [1.29, 1.82) is 0 Å². The summed E-state index contributed by atoms with van der Waals surface area (Å²) in [6.07, 6.45) is 3.37. The fourth-order valence-electron chi connectivity index (χ4n) is 2.72. The van der Waals surface area contributed by atoms with E-state index in [0.29, 0.717) is 12.1 Å². The van der Waals surface area contributed by atoms with Crippen molar-refractivity contribution < 1.29 is 9.90 Å². The molecule has 1 atom stereocenters. The fraction of sp³-hybridized carbons (Fsp3) is 0.333. The molecule has 5 nitrogen and oxygen atoms in total. The Kier molecular flexibility index (Phi) is 3.52. The molecule has 0 saturated carbocycles. The Labute approximate surface area is 117 Å². The second-order valence-corrected chi connectivity index (χ2v) is 5.00. The van der Waals surface area contributed by atoms with Crippen molar-refractivity contribution in [1.82, 2.24) is 15.1 Å². The van der Waals surface area contributed by atoms with E-state index in [-0.39, 0.29) is 18.6 Å². The first-order chi connectivity index (χ1) is 9.81. The molecule has 1 aliphatic heterocycles. The van der Waals surface area contributed by atoms with Gasteiger partial charge >= 0.3 is 0 Å². The fourth-order valence-corrected chi connectivity index (χ4v) is 2.72. The highest BCUT2D eigenvalue weighted by atomic mass is 16.3. The largest absolute Gasteiger partial charge is 0.394 e. The number of benzene rings is 1. The third kappa shape index (κ3) is 2.20. The van der Waals surface area contributed by atoms with Gasteiger partial charge in [0.25, 0.3) is 5.91 Å². The van der Waals surface area contributed by atoms with Crippen LogP contribution in [-0.4, -0.2) is 45.3 Å². The van der Waals surface area contributed by atoms with Crippen LogP contribution in [-0.2, 0) is 0 Å². The summed E-state index contributed by atoms with van der Waals surface area (Å²) in [5.74, 6) is -0.0610. The first-order valence-corrected chi connectivity index (χ1v) is 6.82. The number of nitrogens with zero attached hydrogens (tertiary/aromatic N) is 2. The van der Waals surface area contributed by atoms with Crippen molar-refractivity contribution in [2.24, 2.45) is 0 Å². The highest BCUT2D eigenvalue weighted by Crippen LogP contribution is 2.25. The van der Waals surface area contributed by atoms with Crippen LogP contribution in [0.2, 0.25) is 0 Å². The number of rotatable bonds is 3. The van der Waals surface area contributed by atoms with E-state index >= 15 is 0 Å². The minimum Gasteiger partial charge on any atom is -0.394 e. The normalized spacial score (nSPS) is 18.4. The van der Waals surface area contributed by atoms with E-state index in [1.807, 2.05) is 30.3 Å². The van der Waals surface area contributed by atoms with Crippen LogP contribution < -0.4 is 0 Å². The van der Waals surface area contributed by atoms with Gasteiger partial charge in [0.15, 0.2) is 0 Å².